The van der Waals surface area contributed by atoms with Crippen LogP contribution in [0.25, 0.3) is 6.08 Å². The summed E-state index contributed by atoms with van der Waals surface area (Å²) in [5, 5.41) is 0. The van der Waals surface area contributed by atoms with E-state index in [1.807, 2.05) is 0 Å². The Labute approximate surface area is 172 Å². The number of carbonyl (C=O) groups is 2. The Hall–Kier alpha value is -4.13. The first-order chi connectivity index (χ1) is 14.6. The maximum Gasteiger partial charge on any atom is 0.343 e. The third kappa shape index (κ3) is 3.73. The molecule has 4 rings (SSSR count). The summed E-state index contributed by atoms with van der Waals surface area (Å²) in [6.07, 6.45) is 4.90. The van der Waals surface area contributed by atoms with Crippen molar-refractivity contribution in [3.63, 3.8) is 0 Å². The van der Waals surface area contributed by atoms with E-state index in [1.165, 1.54) is 26.4 Å². The van der Waals surface area contributed by atoms with Gasteiger partial charge in [0, 0.05) is 18.5 Å². The van der Waals surface area contributed by atoms with Crippen LogP contribution in [0.2, 0.25) is 0 Å². The molecule has 0 aliphatic carbocycles. The Bertz CT molecular complexity index is 1150. The number of methoxy groups -OCH3 is 2. The van der Waals surface area contributed by atoms with E-state index in [9.17, 15) is 9.59 Å². The molecule has 0 bridgehead atoms. The number of pyridine rings is 1. The van der Waals surface area contributed by atoms with Crippen molar-refractivity contribution in [1.82, 2.24) is 4.98 Å². The van der Waals surface area contributed by atoms with Gasteiger partial charge in [0.1, 0.15) is 11.5 Å². The topological polar surface area (TPSA) is 84.0 Å². The first-order valence-electron chi connectivity index (χ1n) is 9.01. The minimum Gasteiger partial charge on any atom is -0.493 e. The quantitative estimate of drug-likeness (QED) is 0.362. The first-order valence-corrected chi connectivity index (χ1v) is 9.01. The fourth-order valence-corrected chi connectivity index (χ4v) is 2.97. The van der Waals surface area contributed by atoms with Crippen LogP contribution in [0.15, 0.2) is 66.7 Å². The van der Waals surface area contributed by atoms with Crippen LogP contribution < -0.4 is 18.9 Å². The average molecular weight is 403 g/mol. The molecule has 2 aromatic carbocycles. The minimum atomic E-state index is -0.576. The van der Waals surface area contributed by atoms with Crippen LogP contribution in [-0.2, 0) is 0 Å². The van der Waals surface area contributed by atoms with Gasteiger partial charge in [-0.3, -0.25) is 9.78 Å². The van der Waals surface area contributed by atoms with E-state index in [1.54, 1.807) is 54.9 Å². The summed E-state index contributed by atoms with van der Waals surface area (Å²) in [5.41, 5.74) is 1.49. The third-order valence-corrected chi connectivity index (χ3v) is 4.48. The van der Waals surface area contributed by atoms with Gasteiger partial charge in [0.15, 0.2) is 17.3 Å². The Morgan fingerprint density at radius 3 is 2.47 bits per heavy atom. The number of fused-ring (bicyclic) bond motifs is 1. The number of rotatable bonds is 5. The lowest BCUT2D eigenvalue weighted by atomic mass is 10.1. The summed E-state index contributed by atoms with van der Waals surface area (Å²) in [4.78, 5) is 29.0. The number of aromatic nitrogens is 1. The fraction of sp³-hybridized carbons (Fsp3) is 0.0870. The second-order valence-electron chi connectivity index (χ2n) is 6.34. The van der Waals surface area contributed by atoms with E-state index < -0.39 is 5.97 Å². The molecule has 7 heteroatoms. The molecule has 3 aromatic rings. The number of hydrogen-bond acceptors (Lipinski definition) is 7. The number of ketones is 1. The molecule has 0 saturated heterocycles. The second-order valence-corrected chi connectivity index (χ2v) is 6.34. The summed E-state index contributed by atoms with van der Waals surface area (Å²) in [6, 6.07) is 12.9. The molecular weight excluding hydrogens is 386 g/mol. The maximum absolute atomic E-state index is 12.5. The van der Waals surface area contributed by atoms with E-state index in [4.69, 9.17) is 18.9 Å². The van der Waals surface area contributed by atoms with Crippen molar-refractivity contribution in [1.29, 1.82) is 0 Å². The molecule has 0 N–H and O–H groups in total. The molecule has 0 amide bonds. The highest BCUT2D eigenvalue weighted by Gasteiger charge is 2.28. The Balaban J connectivity index is 1.54. The van der Waals surface area contributed by atoms with Gasteiger partial charge in [0.25, 0.3) is 0 Å². The van der Waals surface area contributed by atoms with Crippen LogP contribution in [0.3, 0.4) is 0 Å². The van der Waals surface area contributed by atoms with Crippen molar-refractivity contribution >= 4 is 17.8 Å². The largest absolute Gasteiger partial charge is 0.493 e. The molecule has 150 valence electrons. The molecule has 0 atom stereocenters. The highest BCUT2D eigenvalue weighted by atomic mass is 16.5. The zero-order valence-corrected chi connectivity index (χ0v) is 16.2. The zero-order valence-electron chi connectivity index (χ0n) is 16.2. The van der Waals surface area contributed by atoms with Crippen LogP contribution in [0.5, 0.6) is 23.0 Å². The summed E-state index contributed by atoms with van der Waals surface area (Å²) in [6.45, 7) is 0. The summed E-state index contributed by atoms with van der Waals surface area (Å²) in [7, 11) is 3.00. The molecule has 2 heterocycles. The van der Waals surface area contributed by atoms with Gasteiger partial charge in [-0.1, -0.05) is 0 Å². The SMILES string of the molecule is COc1ccc(C(=O)Oc2ccc3c(c2)OC(=Cc2ccncc2)C3=O)cc1OC. The first kappa shape index (κ1) is 19.2. The van der Waals surface area contributed by atoms with Crippen molar-refractivity contribution in [2.24, 2.45) is 0 Å². The number of allylic oxidation sites excluding steroid dienone is 1. The van der Waals surface area contributed by atoms with E-state index >= 15 is 0 Å². The number of Topliss-reactive ketones (excluding diaryl/α,β-unsaturated/α-hetero) is 1. The van der Waals surface area contributed by atoms with E-state index in [0.717, 1.165) is 5.56 Å². The normalized spacial score (nSPS) is 13.5. The smallest absolute Gasteiger partial charge is 0.343 e. The lowest BCUT2D eigenvalue weighted by Gasteiger charge is -2.10. The molecule has 1 aliphatic rings. The molecular formula is C23H17NO6. The highest BCUT2D eigenvalue weighted by molar-refractivity contribution is 6.14. The predicted molar refractivity (Wildman–Crippen MR) is 108 cm³/mol. The molecule has 0 unspecified atom stereocenters. The van der Waals surface area contributed by atoms with Crippen LogP contribution in [0.4, 0.5) is 0 Å². The van der Waals surface area contributed by atoms with Crippen LogP contribution in [-0.4, -0.2) is 31.0 Å². The van der Waals surface area contributed by atoms with Crippen molar-refractivity contribution in [3.05, 3.63) is 83.4 Å². The summed E-state index contributed by atoms with van der Waals surface area (Å²) >= 11 is 0. The molecule has 0 radical (unpaired) electrons. The van der Waals surface area contributed by atoms with Crippen molar-refractivity contribution < 1.29 is 28.5 Å². The molecule has 0 spiro atoms. The van der Waals surface area contributed by atoms with Gasteiger partial charge in [-0.15, -0.1) is 0 Å². The summed E-state index contributed by atoms with van der Waals surface area (Å²) in [5.74, 6) is 0.893. The van der Waals surface area contributed by atoms with Gasteiger partial charge in [-0.25, -0.2) is 4.79 Å². The fourth-order valence-electron chi connectivity index (χ4n) is 2.97. The number of esters is 1. The van der Waals surface area contributed by atoms with Crippen molar-refractivity contribution in [2.45, 2.75) is 0 Å². The third-order valence-electron chi connectivity index (χ3n) is 4.48. The van der Waals surface area contributed by atoms with Gasteiger partial charge in [0.2, 0.25) is 5.78 Å². The standard InChI is InChI=1S/C23H17NO6/c1-27-18-6-3-15(12-20(18)28-2)23(26)29-16-4-5-17-19(13-16)30-21(22(17)25)11-14-7-9-24-10-8-14/h3-13H,1-2H3. The molecule has 1 aliphatic heterocycles. The lowest BCUT2D eigenvalue weighted by molar-refractivity contribution is 0.0734. The number of ether oxygens (including phenoxy) is 4. The van der Waals surface area contributed by atoms with Gasteiger partial charge >= 0.3 is 5.97 Å². The number of benzene rings is 2. The molecule has 0 fully saturated rings. The number of hydrogen-bond donors (Lipinski definition) is 0. The predicted octanol–water partition coefficient (Wildman–Crippen LogP) is 3.93. The van der Waals surface area contributed by atoms with Gasteiger partial charge in [0.05, 0.1) is 25.3 Å². The molecule has 7 nitrogen and oxygen atoms in total. The van der Waals surface area contributed by atoms with Gasteiger partial charge in [-0.05, 0) is 54.1 Å². The Kier molecular flexibility index (Phi) is 5.17. The highest BCUT2D eigenvalue weighted by Crippen LogP contribution is 2.35. The van der Waals surface area contributed by atoms with Gasteiger partial charge in [-0.2, -0.15) is 0 Å². The zero-order chi connectivity index (χ0) is 21.1. The number of carbonyl (C=O) groups excluding carboxylic acids is 2. The molecule has 30 heavy (non-hydrogen) atoms. The van der Waals surface area contributed by atoms with Crippen molar-refractivity contribution in [2.75, 3.05) is 14.2 Å². The monoisotopic (exact) mass is 403 g/mol. The maximum atomic E-state index is 12.5. The Morgan fingerprint density at radius 2 is 1.73 bits per heavy atom. The van der Waals surface area contributed by atoms with Crippen LogP contribution >= 0.6 is 0 Å². The Morgan fingerprint density at radius 1 is 0.967 bits per heavy atom. The van der Waals surface area contributed by atoms with Gasteiger partial charge < -0.3 is 18.9 Å². The summed E-state index contributed by atoms with van der Waals surface area (Å²) < 4.78 is 21.5. The van der Waals surface area contributed by atoms with Crippen LogP contribution in [0.1, 0.15) is 26.3 Å². The minimum absolute atomic E-state index is 0.194. The number of nitrogens with zero attached hydrogens (tertiary/aromatic N) is 1. The van der Waals surface area contributed by atoms with E-state index in [2.05, 4.69) is 4.98 Å². The van der Waals surface area contributed by atoms with Crippen LogP contribution in [0, 0.1) is 0 Å². The second kappa shape index (κ2) is 8.08. The van der Waals surface area contributed by atoms with Crippen molar-refractivity contribution in [3.8, 4) is 23.0 Å². The van der Waals surface area contributed by atoms with E-state index in [0.29, 0.717) is 28.4 Å². The lowest BCUT2D eigenvalue weighted by Crippen LogP contribution is -2.09. The molecule has 1 aromatic heterocycles. The molecule has 0 saturated carbocycles. The average Bonchev–Trinajstić information content (AvgIpc) is 3.08. The van der Waals surface area contributed by atoms with E-state index in [-0.39, 0.29) is 17.3 Å².